The van der Waals surface area contributed by atoms with Crippen LogP contribution < -0.4 is 11.2 Å². The van der Waals surface area contributed by atoms with Gasteiger partial charge in [0.2, 0.25) is 0 Å². The molecule has 1 saturated heterocycles. The number of aromatic amines is 1. The normalized spacial score (nSPS) is 22.8. The van der Waals surface area contributed by atoms with Crippen molar-refractivity contribution in [3.8, 4) is 0 Å². The van der Waals surface area contributed by atoms with Gasteiger partial charge in [-0.25, -0.2) is 9.18 Å². The van der Waals surface area contributed by atoms with Crippen LogP contribution in [-0.4, -0.2) is 34.5 Å². The summed E-state index contributed by atoms with van der Waals surface area (Å²) in [5.74, 6) is 0. The maximum atomic E-state index is 14.5. The molecule has 4 rings (SSSR count). The van der Waals surface area contributed by atoms with E-state index >= 15 is 0 Å². The molecule has 0 spiro atoms. The van der Waals surface area contributed by atoms with E-state index in [0.717, 1.165) is 11.1 Å². The van der Waals surface area contributed by atoms with Gasteiger partial charge >= 0.3 is 5.69 Å². The average molecular weight is 440 g/mol. The minimum Gasteiger partial charge on any atom is -0.374 e. The van der Waals surface area contributed by atoms with Gasteiger partial charge in [-0.3, -0.25) is 14.3 Å². The zero-order chi connectivity index (χ0) is 22.4. The quantitative estimate of drug-likeness (QED) is 0.553. The van der Waals surface area contributed by atoms with Crippen LogP contribution in [0.5, 0.6) is 0 Å². The van der Waals surface area contributed by atoms with Crippen molar-refractivity contribution in [2.75, 3.05) is 13.3 Å². The fourth-order valence-corrected chi connectivity index (χ4v) is 3.81. The lowest BCUT2D eigenvalue weighted by atomic mass is 9.99. The lowest BCUT2D eigenvalue weighted by Crippen LogP contribution is -2.47. The predicted octanol–water partition coefficient (Wildman–Crippen LogP) is 2.97. The number of hydrogen-bond acceptors (Lipinski definition) is 5. The summed E-state index contributed by atoms with van der Waals surface area (Å²) in [6, 6.07) is 20.3. The number of aromatic nitrogens is 2. The van der Waals surface area contributed by atoms with Crippen LogP contribution in [0.2, 0.25) is 0 Å². The Balaban J connectivity index is 1.53. The Morgan fingerprint density at radius 2 is 1.66 bits per heavy atom. The van der Waals surface area contributed by atoms with Crippen LogP contribution in [-0.2, 0) is 27.4 Å². The molecule has 3 aromatic rings. The summed E-state index contributed by atoms with van der Waals surface area (Å²) < 4.78 is 33.7. The van der Waals surface area contributed by atoms with Gasteiger partial charge in [0, 0.05) is 18.7 Å². The summed E-state index contributed by atoms with van der Waals surface area (Å²) >= 11 is 0. The first-order chi connectivity index (χ1) is 15.6. The van der Waals surface area contributed by atoms with Gasteiger partial charge < -0.3 is 14.2 Å². The highest BCUT2D eigenvalue weighted by molar-refractivity contribution is 5.14. The second-order valence-corrected chi connectivity index (χ2v) is 7.79. The molecule has 1 N–H and O–H groups in total. The molecule has 3 atom stereocenters. The van der Waals surface area contributed by atoms with Crippen LogP contribution >= 0.6 is 0 Å². The van der Waals surface area contributed by atoms with E-state index in [1.807, 2.05) is 60.7 Å². The second kappa shape index (κ2) is 10.0. The molecule has 0 saturated carbocycles. The zero-order valence-corrected chi connectivity index (χ0v) is 17.5. The summed E-state index contributed by atoms with van der Waals surface area (Å²) in [6.45, 7) is -0.342. The molecule has 0 unspecified atom stereocenters. The van der Waals surface area contributed by atoms with Gasteiger partial charge in [-0.05, 0) is 11.1 Å². The van der Waals surface area contributed by atoms with E-state index in [2.05, 4.69) is 4.98 Å². The van der Waals surface area contributed by atoms with Crippen molar-refractivity contribution in [3.63, 3.8) is 0 Å². The molecule has 1 aromatic heterocycles. The smallest absolute Gasteiger partial charge is 0.330 e. The third kappa shape index (κ3) is 5.04. The van der Waals surface area contributed by atoms with Crippen molar-refractivity contribution in [1.82, 2.24) is 9.55 Å². The molecule has 168 valence electrons. The van der Waals surface area contributed by atoms with Crippen molar-refractivity contribution < 1.29 is 18.6 Å². The second-order valence-electron chi connectivity index (χ2n) is 7.79. The summed E-state index contributed by atoms with van der Waals surface area (Å²) in [5, 5.41) is 0. The van der Waals surface area contributed by atoms with E-state index < -0.39 is 35.9 Å². The van der Waals surface area contributed by atoms with Crippen molar-refractivity contribution in [3.05, 3.63) is 105 Å². The molecule has 7 nitrogen and oxygen atoms in total. The van der Waals surface area contributed by atoms with Crippen LogP contribution in [0.4, 0.5) is 4.39 Å². The lowest BCUT2D eigenvalue weighted by molar-refractivity contribution is -0.165. The molecule has 0 radical (unpaired) electrons. The van der Waals surface area contributed by atoms with Crippen LogP contribution in [0.1, 0.15) is 23.8 Å². The number of ether oxygens (including phenoxy) is 3. The number of nitrogens with zero attached hydrogens (tertiary/aromatic N) is 1. The topological polar surface area (TPSA) is 82.5 Å². The number of hydrogen-bond donors (Lipinski definition) is 1. The van der Waals surface area contributed by atoms with E-state index in [1.165, 1.54) is 16.8 Å². The number of benzene rings is 2. The van der Waals surface area contributed by atoms with Crippen LogP contribution in [0, 0.1) is 0 Å². The van der Waals surface area contributed by atoms with Crippen LogP contribution in [0.15, 0.2) is 82.5 Å². The van der Waals surface area contributed by atoms with Crippen molar-refractivity contribution in [1.29, 1.82) is 0 Å². The number of nitrogens with one attached hydrogen (secondary N) is 1. The highest BCUT2D eigenvalue weighted by atomic mass is 19.1. The van der Waals surface area contributed by atoms with Gasteiger partial charge in [0.25, 0.3) is 5.56 Å². The molecule has 2 aromatic carbocycles. The van der Waals surface area contributed by atoms with Gasteiger partial charge in [0.15, 0.2) is 0 Å². The molecule has 0 bridgehead atoms. The predicted molar refractivity (Wildman–Crippen MR) is 116 cm³/mol. The Labute approximate surface area is 184 Å². The average Bonchev–Trinajstić information content (AvgIpc) is 3.17. The maximum absolute atomic E-state index is 14.5. The maximum Gasteiger partial charge on any atom is 0.330 e. The largest absolute Gasteiger partial charge is 0.374 e. The van der Waals surface area contributed by atoms with Gasteiger partial charge in [-0.15, -0.1) is 0 Å². The van der Waals surface area contributed by atoms with Gasteiger partial charge in [-0.2, -0.15) is 0 Å². The molecule has 32 heavy (non-hydrogen) atoms. The van der Waals surface area contributed by atoms with Crippen molar-refractivity contribution in [2.45, 2.75) is 37.6 Å². The Bertz CT molecular complexity index is 1120. The summed E-state index contributed by atoms with van der Waals surface area (Å²) in [7, 11) is 0. The first kappa shape index (κ1) is 22.1. The molecule has 2 heterocycles. The first-order valence-corrected chi connectivity index (χ1v) is 10.4. The minimum absolute atomic E-state index is 0.0492. The number of rotatable bonds is 9. The van der Waals surface area contributed by atoms with Gasteiger partial charge in [0.05, 0.1) is 25.9 Å². The molecule has 1 fully saturated rings. The van der Waals surface area contributed by atoms with E-state index in [-0.39, 0.29) is 19.6 Å². The van der Waals surface area contributed by atoms with Gasteiger partial charge in [0.1, 0.15) is 18.5 Å². The first-order valence-electron chi connectivity index (χ1n) is 10.4. The molecule has 8 heteroatoms. The highest BCUT2D eigenvalue weighted by Crippen LogP contribution is 2.39. The van der Waals surface area contributed by atoms with Crippen LogP contribution in [0.25, 0.3) is 0 Å². The van der Waals surface area contributed by atoms with Gasteiger partial charge in [-0.1, -0.05) is 60.7 Å². The SMILES string of the molecule is O=c1ccn([C@H]2C[C@H](OCc3ccccc3)[C@@](CF)(COCc3ccccc3)O2)c(=O)[nH]1. The fourth-order valence-electron chi connectivity index (χ4n) is 3.81. The zero-order valence-electron chi connectivity index (χ0n) is 17.5. The Hall–Kier alpha value is -3.07. The fraction of sp³-hybridized carbons (Fsp3) is 0.333. The summed E-state index contributed by atoms with van der Waals surface area (Å²) in [4.78, 5) is 25.9. The number of alkyl halides is 1. The Morgan fingerprint density at radius 1 is 1.00 bits per heavy atom. The molecule has 0 aliphatic carbocycles. The van der Waals surface area contributed by atoms with Crippen molar-refractivity contribution in [2.24, 2.45) is 0 Å². The molecule has 0 amide bonds. The third-order valence-electron chi connectivity index (χ3n) is 5.51. The standard InChI is InChI=1S/C24H25FN2O5/c25-16-24(17-30-14-18-7-3-1-4-8-18)20(31-15-19-9-5-2-6-10-19)13-22(32-24)27-12-11-21(28)26-23(27)29/h1-12,20,22H,13-17H2,(H,26,28,29)/t20-,22+,24+/m0/s1. The van der Waals surface area contributed by atoms with E-state index in [4.69, 9.17) is 14.2 Å². The minimum atomic E-state index is -1.39. The van der Waals surface area contributed by atoms with Crippen LogP contribution in [0.3, 0.4) is 0 Å². The highest BCUT2D eigenvalue weighted by Gasteiger charge is 2.51. The monoisotopic (exact) mass is 440 g/mol. The lowest BCUT2D eigenvalue weighted by Gasteiger charge is -2.31. The van der Waals surface area contributed by atoms with E-state index in [0.29, 0.717) is 6.61 Å². The Morgan fingerprint density at radius 3 is 2.28 bits per heavy atom. The van der Waals surface area contributed by atoms with E-state index in [9.17, 15) is 14.0 Å². The van der Waals surface area contributed by atoms with Crippen molar-refractivity contribution >= 4 is 0 Å². The Kier molecular flexibility index (Phi) is 6.94. The molecule has 1 aliphatic rings. The summed E-state index contributed by atoms with van der Waals surface area (Å²) in [5.41, 5.74) is -0.623. The summed E-state index contributed by atoms with van der Waals surface area (Å²) in [6.07, 6.45) is 0.125. The molecular formula is C24H25FN2O5. The number of H-pyrrole nitrogens is 1. The number of halogens is 1. The van der Waals surface area contributed by atoms with E-state index in [1.54, 1.807) is 0 Å². The molecule has 1 aliphatic heterocycles. The molecular weight excluding hydrogens is 415 g/mol. The third-order valence-corrected chi connectivity index (χ3v) is 5.51.